The van der Waals surface area contributed by atoms with E-state index in [9.17, 15) is 14.4 Å². The molecular formula is C18H25N3O3. The summed E-state index contributed by atoms with van der Waals surface area (Å²) < 4.78 is 0. The molecule has 0 bridgehead atoms. The van der Waals surface area contributed by atoms with Crippen molar-refractivity contribution in [3.8, 4) is 0 Å². The lowest BCUT2D eigenvalue weighted by Gasteiger charge is -2.23. The third-order valence-corrected chi connectivity index (χ3v) is 4.11. The number of nitrogens with one attached hydrogen (secondary N) is 2. The first-order valence-electron chi connectivity index (χ1n) is 8.28. The minimum absolute atomic E-state index is 0.255. The third kappa shape index (κ3) is 3.93. The molecule has 2 N–H and O–H groups in total. The maximum atomic E-state index is 12.5. The molecule has 0 aromatic heterocycles. The summed E-state index contributed by atoms with van der Waals surface area (Å²) in [6.45, 7) is 7.45. The van der Waals surface area contributed by atoms with Crippen LogP contribution in [0.1, 0.15) is 39.7 Å². The summed E-state index contributed by atoms with van der Waals surface area (Å²) in [7, 11) is 0. The van der Waals surface area contributed by atoms with Crippen LogP contribution in [0.4, 0.5) is 10.5 Å². The van der Waals surface area contributed by atoms with Gasteiger partial charge in [-0.2, -0.15) is 0 Å². The molecule has 0 radical (unpaired) electrons. The van der Waals surface area contributed by atoms with Crippen LogP contribution < -0.4 is 10.6 Å². The van der Waals surface area contributed by atoms with Crippen molar-refractivity contribution in [2.24, 2.45) is 5.92 Å². The van der Waals surface area contributed by atoms with Gasteiger partial charge in [-0.3, -0.25) is 14.5 Å². The highest BCUT2D eigenvalue weighted by atomic mass is 16.2. The molecule has 6 heteroatoms. The van der Waals surface area contributed by atoms with Crippen LogP contribution in [-0.2, 0) is 16.0 Å². The number of carbonyl (C=O) groups is 3. The standard InChI is InChI=1S/C18H25N3O3/c1-5-13-6-8-14(9-7-13)19-15(22)11-21-16(23)18(4,10-12(2)3)20-17(21)24/h6-9,12H,5,10-11H2,1-4H3,(H,19,22)(H,20,24). The zero-order chi connectivity index (χ0) is 17.9. The van der Waals surface area contributed by atoms with Crippen LogP contribution in [0.5, 0.6) is 0 Å². The first-order valence-corrected chi connectivity index (χ1v) is 8.28. The number of aryl methyl sites for hydroxylation is 1. The largest absolute Gasteiger partial charge is 0.325 e. The molecule has 6 nitrogen and oxygen atoms in total. The van der Waals surface area contributed by atoms with Gasteiger partial charge < -0.3 is 10.6 Å². The minimum atomic E-state index is -0.936. The van der Waals surface area contributed by atoms with E-state index in [2.05, 4.69) is 17.6 Å². The van der Waals surface area contributed by atoms with Gasteiger partial charge in [0.2, 0.25) is 5.91 Å². The number of hydrogen-bond donors (Lipinski definition) is 2. The summed E-state index contributed by atoms with van der Waals surface area (Å²) in [6.07, 6.45) is 1.46. The van der Waals surface area contributed by atoms with Crippen molar-refractivity contribution in [3.63, 3.8) is 0 Å². The van der Waals surface area contributed by atoms with E-state index >= 15 is 0 Å². The Morgan fingerprint density at radius 1 is 1.25 bits per heavy atom. The smallest absolute Gasteiger partial charge is 0.325 e. The molecule has 130 valence electrons. The van der Waals surface area contributed by atoms with Gasteiger partial charge in [0.1, 0.15) is 12.1 Å². The average Bonchev–Trinajstić information content (AvgIpc) is 2.70. The van der Waals surface area contributed by atoms with Crippen LogP contribution >= 0.6 is 0 Å². The summed E-state index contributed by atoms with van der Waals surface area (Å²) in [6, 6.07) is 6.97. The Morgan fingerprint density at radius 3 is 2.42 bits per heavy atom. The molecule has 1 fully saturated rings. The van der Waals surface area contributed by atoms with Crippen molar-refractivity contribution in [3.05, 3.63) is 29.8 Å². The second-order valence-corrected chi connectivity index (χ2v) is 6.85. The van der Waals surface area contributed by atoms with Gasteiger partial charge in [-0.1, -0.05) is 32.9 Å². The topological polar surface area (TPSA) is 78.5 Å². The molecule has 24 heavy (non-hydrogen) atoms. The highest BCUT2D eigenvalue weighted by Crippen LogP contribution is 2.24. The van der Waals surface area contributed by atoms with Gasteiger partial charge in [-0.05, 0) is 43.4 Å². The molecule has 0 spiro atoms. The fourth-order valence-electron chi connectivity index (χ4n) is 3.01. The second kappa shape index (κ2) is 7.03. The van der Waals surface area contributed by atoms with Gasteiger partial charge in [0.15, 0.2) is 0 Å². The molecule has 1 aromatic carbocycles. The number of imide groups is 1. The summed E-state index contributed by atoms with van der Waals surface area (Å²) in [5.74, 6) is -0.487. The lowest BCUT2D eigenvalue weighted by molar-refractivity contribution is -0.133. The highest BCUT2D eigenvalue weighted by Gasteiger charge is 2.48. The molecular weight excluding hydrogens is 306 g/mol. The molecule has 4 amide bonds. The summed E-state index contributed by atoms with van der Waals surface area (Å²) in [5.41, 5.74) is 0.884. The Hall–Kier alpha value is -2.37. The molecule has 1 heterocycles. The zero-order valence-electron chi connectivity index (χ0n) is 14.7. The predicted molar refractivity (Wildman–Crippen MR) is 92.6 cm³/mol. The quantitative estimate of drug-likeness (QED) is 0.786. The van der Waals surface area contributed by atoms with E-state index < -0.39 is 17.5 Å². The predicted octanol–water partition coefficient (Wildman–Crippen LogP) is 2.54. The van der Waals surface area contributed by atoms with E-state index in [1.54, 1.807) is 6.92 Å². The zero-order valence-corrected chi connectivity index (χ0v) is 14.7. The van der Waals surface area contributed by atoms with Crippen LogP contribution in [0.3, 0.4) is 0 Å². The fourth-order valence-corrected chi connectivity index (χ4v) is 3.01. The number of anilines is 1. The molecule has 2 rings (SSSR count). The molecule has 1 aliphatic rings. The molecule has 1 unspecified atom stereocenters. The third-order valence-electron chi connectivity index (χ3n) is 4.11. The maximum absolute atomic E-state index is 12.5. The Balaban J connectivity index is 2.00. The number of carbonyl (C=O) groups excluding carboxylic acids is 3. The number of urea groups is 1. The van der Waals surface area contributed by atoms with E-state index in [-0.39, 0.29) is 18.4 Å². The van der Waals surface area contributed by atoms with Crippen LogP contribution in [0.2, 0.25) is 0 Å². The van der Waals surface area contributed by atoms with E-state index in [0.717, 1.165) is 11.3 Å². The normalized spacial score (nSPS) is 20.5. The molecule has 1 atom stereocenters. The Morgan fingerprint density at radius 2 is 1.88 bits per heavy atom. The van der Waals surface area contributed by atoms with Gasteiger partial charge in [-0.25, -0.2) is 4.79 Å². The van der Waals surface area contributed by atoms with E-state index in [4.69, 9.17) is 0 Å². The first-order chi connectivity index (χ1) is 11.2. The van der Waals surface area contributed by atoms with E-state index in [1.165, 1.54) is 5.56 Å². The average molecular weight is 331 g/mol. The van der Waals surface area contributed by atoms with Crippen molar-refractivity contribution in [1.29, 1.82) is 0 Å². The monoisotopic (exact) mass is 331 g/mol. The van der Waals surface area contributed by atoms with Gasteiger partial charge in [0, 0.05) is 5.69 Å². The Bertz CT molecular complexity index is 639. The number of benzene rings is 1. The van der Waals surface area contributed by atoms with Crippen molar-refractivity contribution < 1.29 is 14.4 Å². The summed E-state index contributed by atoms with van der Waals surface area (Å²) in [4.78, 5) is 37.7. The van der Waals surface area contributed by atoms with E-state index in [1.807, 2.05) is 38.1 Å². The molecule has 1 aliphatic heterocycles. The number of rotatable bonds is 6. The number of nitrogens with zero attached hydrogens (tertiary/aromatic N) is 1. The molecule has 1 aromatic rings. The second-order valence-electron chi connectivity index (χ2n) is 6.85. The van der Waals surface area contributed by atoms with E-state index in [0.29, 0.717) is 12.1 Å². The SMILES string of the molecule is CCc1ccc(NC(=O)CN2C(=O)NC(C)(CC(C)C)C2=O)cc1. The van der Waals surface area contributed by atoms with Crippen molar-refractivity contribution in [2.75, 3.05) is 11.9 Å². The Kier molecular flexibility index (Phi) is 5.26. The lowest BCUT2D eigenvalue weighted by atomic mass is 9.91. The Labute approximate surface area is 142 Å². The molecule has 1 saturated heterocycles. The van der Waals surface area contributed by atoms with Crippen molar-refractivity contribution in [2.45, 2.75) is 46.1 Å². The van der Waals surface area contributed by atoms with Crippen molar-refractivity contribution in [1.82, 2.24) is 10.2 Å². The van der Waals surface area contributed by atoms with Crippen molar-refractivity contribution >= 4 is 23.5 Å². The molecule has 0 aliphatic carbocycles. The van der Waals surface area contributed by atoms with Crippen LogP contribution in [-0.4, -0.2) is 34.8 Å². The fraction of sp³-hybridized carbons (Fsp3) is 0.500. The van der Waals surface area contributed by atoms with Crippen LogP contribution in [0.25, 0.3) is 0 Å². The van der Waals surface area contributed by atoms with Crippen LogP contribution in [0.15, 0.2) is 24.3 Å². The van der Waals surface area contributed by atoms with Crippen LogP contribution in [0, 0.1) is 5.92 Å². The van der Waals surface area contributed by atoms with Gasteiger partial charge >= 0.3 is 6.03 Å². The number of hydrogen-bond acceptors (Lipinski definition) is 3. The summed E-state index contributed by atoms with van der Waals surface area (Å²) in [5, 5.41) is 5.42. The lowest BCUT2D eigenvalue weighted by Crippen LogP contribution is -2.45. The van der Waals surface area contributed by atoms with Gasteiger partial charge in [-0.15, -0.1) is 0 Å². The maximum Gasteiger partial charge on any atom is 0.325 e. The minimum Gasteiger partial charge on any atom is -0.325 e. The van der Waals surface area contributed by atoms with Gasteiger partial charge in [0.05, 0.1) is 0 Å². The molecule has 0 saturated carbocycles. The number of amides is 4. The highest BCUT2D eigenvalue weighted by molar-refractivity contribution is 6.09. The van der Waals surface area contributed by atoms with Gasteiger partial charge in [0.25, 0.3) is 5.91 Å². The first kappa shape index (κ1) is 18.0. The summed E-state index contributed by atoms with van der Waals surface area (Å²) >= 11 is 0.